The summed E-state index contributed by atoms with van der Waals surface area (Å²) < 4.78 is 11.0. The SMILES string of the molecule is CN1CCN2C(=N1)c1ccccc1NC2c1ccc2c(c1)OCO2. The highest BCUT2D eigenvalue weighted by molar-refractivity contribution is 6.05. The van der Waals surface area contributed by atoms with Crippen LogP contribution in [0.3, 0.4) is 0 Å². The third-order valence-electron chi connectivity index (χ3n) is 4.69. The number of ether oxygens (including phenoxy) is 2. The average molecular weight is 322 g/mol. The average Bonchev–Trinajstić information content (AvgIpc) is 3.08. The number of nitrogens with one attached hydrogen (secondary N) is 1. The fourth-order valence-electron chi connectivity index (χ4n) is 3.46. The van der Waals surface area contributed by atoms with Crippen LogP contribution in [0.2, 0.25) is 0 Å². The largest absolute Gasteiger partial charge is 0.454 e. The number of anilines is 1. The summed E-state index contributed by atoms with van der Waals surface area (Å²) in [7, 11) is 2.02. The number of likely N-dealkylation sites (N-methyl/N-ethyl adjacent to an activating group) is 1. The fraction of sp³-hybridized carbons (Fsp3) is 0.278. The lowest BCUT2D eigenvalue weighted by molar-refractivity contribution is 0.174. The second-order valence-electron chi connectivity index (χ2n) is 6.20. The van der Waals surface area contributed by atoms with Crippen LogP contribution >= 0.6 is 0 Å². The maximum Gasteiger partial charge on any atom is 0.231 e. The monoisotopic (exact) mass is 322 g/mol. The molecule has 0 fully saturated rings. The van der Waals surface area contributed by atoms with Crippen molar-refractivity contribution < 1.29 is 9.47 Å². The zero-order valence-electron chi connectivity index (χ0n) is 13.4. The van der Waals surface area contributed by atoms with Crippen LogP contribution in [0.5, 0.6) is 11.5 Å². The van der Waals surface area contributed by atoms with Crippen LogP contribution < -0.4 is 14.8 Å². The molecule has 0 bridgehead atoms. The number of fused-ring (bicyclic) bond motifs is 4. The van der Waals surface area contributed by atoms with Crippen LogP contribution in [0, 0.1) is 0 Å². The van der Waals surface area contributed by atoms with Crippen LogP contribution in [0.4, 0.5) is 5.69 Å². The van der Waals surface area contributed by atoms with E-state index in [0.717, 1.165) is 47.2 Å². The van der Waals surface area contributed by atoms with E-state index in [9.17, 15) is 0 Å². The molecule has 6 heteroatoms. The molecule has 2 aromatic carbocycles. The van der Waals surface area contributed by atoms with E-state index in [1.807, 2.05) is 24.2 Å². The van der Waals surface area contributed by atoms with Crippen molar-refractivity contribution in [2.45, 2.75) is 6.17 Å². The van der Waals surface area contributed by atoms with Crippen LogP contribution in [-0.4, -0.2) is 42.7 Å². The highest BCUT2D eigenvalue weighted by Gasteiger charge is 2.34. The van der Waals surface area contributed by atoms with E-state index in [2.05, 4.69) is 40.5 Å². The quantitative estimate of drug-likeness (QED) is 0.874. The Balaban J connectivity index is 1.61. The number of nitrogens with zero attached hydrogens (tertiary/aromatic N) is 3. The van der Waals surface area contributed by atoms with Gasteiger partial charge in [-0.25, -0.2) is 0 Å². The van der Waals surface area contributed by atoms with Crippen molar-refractivity contribution >= 4 is 11.5 Å². The number of para-hydroxylation sites is 1. The highest BCUT2D eigenvalue weighted by Crippen LogP contribution is 2.39. The van der Waals surface area contributed by atoms with Crippen molar-refractivity contribution in [3.8, 4) is 11.5 Å². The summed E-state index contributed by atoms with van der Waals surface area (Å²) in [6.07, 6.45) is 0.0295. The molecule has 0 radical (unpaired) electrons. The molecule has 24 heavy (non-hydrogen) atoms. The minimum Gasteiger partial charge on any atom is -0.454 e. The van der Waals surface area contributed by atoms with Crippen molar-refractivity contribution in [2.75, 3.05) is 32.2 Å². The second-order valence-corrected chi connectivity index (χ2v) is 6.20. The van der Waals surface area contributed by atoms with E-state index >= 15 is 0 Å². The summed E-state index contributed by atoms with van der Waals surface area (Å²) in [5.74, 6) is 2.63. The van der Waals surface area contributed by atoms with Gasteiger partial charge in [0, 0.05) is 24.8 Å². The number of benzene rings is 2. The van der Waals surface area contributed by atoms with E-state index in [1.54, 1.807) is 0 Å². The lowest BCUT2D eigenvalue weighted by atomic mass is 10.0. The summed E-state index contributed by atoms with van der Waals surface area (Å²) in [5, 5.41) is 10.4. The van der Waals surface area contributed by atoms with Gasteiger partial charge in [0.15, 0.2) is 17.3 Å². The molecule has 6 nitrogen and oxygen atoms in total. The molecule has 3 aliphatic rings. The molecule has 0 amide bonds. The molecule has 3 heterocycles. The third-order valence-corrected chi connectivity index (χ3v) is 4.69. The molecular formula is C18H18N4O2. The van der Waals surface area contributed by atoms with E-state index in [1.165, 1.54) is 0 Å². The van der Waals surface area contributed by atoms with Gasteiger partial charge in [-0.3, -0.25) is 5.01 Å². The number of hydrogen-bond acceptors (Lipinski definition) is 6. The number of rotatable bonds is 1. The summed E-state index contributed by atoms with van der Waals surface area (Å²) in [6, 6.07) is 14.4. The van der Waals surface area contributed by atoms with Gasteiger partial charge in [-0.15, -0.1) is 0 Å². The lowest BCUT2D eigenvalue weighted by Crippen LogP contribution is -2.49. The topological polar surface area (TPSA) is 49.3 Å². The zero-order valence-corrected chi connectivity index (χ0v) is 13.4. The maximum absolute atomic E-state index is 5.55. The number of hydrazone groups is 1. The lowest BCUT2D eigenvalue weighted by Gasteiger charge is -2.43. The predicted molar refractivity (Wildman–Crippen MR) is 91.2 cm³/mol. The minimum absolute atomic E-state index is 0.0295. The second kappa shape index (κ2) is 5.06. The molecule has 0 saturated heterocycles. The standard InChI is InChI=1S/C18H18N4O2/c1-21-8-9-22-17(12-6-7-15-16(10-12)24-11-23-15)19-14-5-3-2-4-13(14)18(22)20-21/h2-7,10,17,19H,8-9,11H2,1H3. The van der Waals surface area contributed by atoms with Gasteiger partial charge < -0.3 is 19.7 Å². The molecule has 1 atom stereocenters. The Bertz CT molecular complexity index is 836. The Hall–Kier alpha value is -2.89. The minimum atomic E-state index is 0.0295. The summed E-state index contributed by atoms with van der Waals surface area (Å²) in [4.78, 5) is 2.32. The summed E-state index contributed by atoms with van der Waals surface area (Å²) in [5.41, 5.74) is 3.39. The van der Waals surface area contributed by atoms with Gasteiger partial charge in [0.2, 0.25) is 6.79 Å². The van der Waals surface area contributed by atoms with E-state index < -0.39 is 0 Å². The van der Waals surface area contributed by atoms with Gasteiger partial charge in [-0.1, -0.05) is 18.2 Å². The van der Waals surface area contributed by atoms with Gasteiger partial charge in [0.1, 0.15) is 6.17 Å². The van der Waals surface area contributed by atoms with Gasteiger partial charge in [-0.05, 0) is 29.8 Å². The van der Waals surface area contributed by atoms with Gasteiger partial charge >= 0.3 is 0 Å². The Morgan fingerprint density at radius 1 is 1.08 bits per heavy atom. The molecule has 1 N–H and O–H groups in total. The molecule has 0 aromatic heterocycles. The van der Waals surface area contributed by atoms with Crippen LogP contribution in [-0.2, 0) is 0 Å². The maximum atomic E-state index is 5.55. The Labute approximate surface area is 140 Å². The fourth-order valence-corrected chi connectivity index (χ4v) is 3.46. The molecule has 5 rings (SSSR count). The van der Waals surface area contributed by atoms with Crippen LogP contribution in [0.25, 0.3) is 0 Å². The molecule has 3 aliphatic heterocycles. The smallest absolute Gasteiger partial charge is 0.231 e. The van der Waals surface area contributed by atoms with Gasteiger partial charge in [-0.2, -0.15) is 5.10 Å². The molecule has 2 aromatic rings. The zero-order chi connectivity index (χ0) is 16.1. The van der Waals surface area contributed by atoms with Crippen LogP contribution in [0.15, 0.2) is 47.6 Å². The summed E-state index contributed by atoms with van der Waals surface area (Å²) >= 11 is 0. The van der Waals surface area contributed by atoms with Crippen molar-refractivity contribution in [1.29, 1.82) is 0 Å². The molecule has 0 saturated carbocycles. The Morgan fingerprint density at radius 2 is 1.96 bits per heavy atom. The number of amidine groups is 1. The van der Waals surface area contributed by atoms with Crippen molar-refractivity contribution in [1.82, 2.24) is 9.91 Å². The highest BCUT2D eigenvalue weighted by atomic mass is 16.7. The molecular weight excluding hydrogens is 304 g/mol. The molecule has 1 unspecified atom stereocenters. The van der Waals surface area contributed by atoms with E-state index in [0.29, 0.717) is 6.79 Å². The molecule has 122 valence electrons. The van der Waals surface area contributed by atoms with Crippen molar-refractivity contribution in [3.63, 3.8) is 0 Å². The van der Waals surface area contributed by atoms with Gasteiger partial charge in [0.05, 0.1) is 6.54 Å². The van der Waals surface area contributed by atoms with E-state index in [-0.39, 0.29) is 6.17 Å². The van der Waals surface area contributed by atoms with Crippen LogP contribution in [0.1, 0.15) is 17.3 Å². The Morgan fingerprint density at radius 3 is 2.92 bits per heavy atom. The normalized spacial score (nSPS) is 20.9. The van der Waals surface area contributed by atoms with Gasteiger partial charge in [0.25, 0.3) is 0 Å². The Kier molecular flexibility index (Phi) is 2.85. The molecule has 0 spiro atoms. The predicted octanol–water partition coefficient (Wildman–Crippen LogP) is 2.45. The number of hydrogen-bond donors (Lipinski definition) is 1. The first-order chi connectivity index (χ1) is 11.8. The van der Waals surface area contributed by atoms with E-state index in [4.69, 9.17) is 14.6 Å². The molecule has 0 aliphatic carbocycles. The summed E-state index contributed by atoms with van der Waals surface area (Å²) in [6.45, 7) is 2.10. The first-order valence-electron chi connectivity index (χ1n) is 8.11. The van der Waals surface area contributed by atoms with Crippen molar-refractivity contribution in [2.24, 2.45) is 5.10 Å². The first kappa shape index (κ1) is 13.5. The van der Waals surface area contributed by atoms with Crippen molar-refractivity contribution in [3.05, 3.63) is 53.6 Å². The first-order valence-corrected chi connectivity index (χ1v) is 8.11. The third kappa shape index (κ3) is 1.99.